The van der Waals surface area contributed by atoms with Crippen LogP contribution >= 0.6 is 23.2 Å². The minimum Gasteiger partial charge on any atom is -0.490 e. The summed E-state index contributed by atoms with van der Waals surface area (Å²) in [5.41, 5.74) is 10.6. The van der Waals surface area contributed by atoms with Gasteiger partial charge >= 0.3 is 0 Å². The van der Waals surface area contributed by atoms with E-state index >= 15 is 0 Å². The van der Waals surface area contributed by atoms with Gasteiger partial charge in [-0.15, -0.1) is 0 Å². The molecule has 3 N–H and O–H groups in total. The van der Waals surface area contributed by atoms with Crippen LogP contribution in [0.4, 0.5) is 5.69 Å². The van der Waals surface area contributed by atoms with Crippen molar-refractivity contribution in [1.29, 1.82) is 0 Å². The molecule has 0 saturated carbocycles. The van der Waals surface area contributed by atoms with E-state index in [1.54, 1.807) is 54.6 Å². The van der Waals surface area contributed by atoms with Crippen molar-refractivity contribution in [2.24, 2.45) is 5.10 Å². The number of hydrazone groups is 1. The highest BCUT2D eigenvalue weighted by atomic mass is 35.5. The Morgan fingerprint density at radius 2 is 1.84 bits per heavy atom. The molecule has 1 amide bonds. The predicted octanol–water partition coefficient (Wildman–Crippen LogP) is 5.32. The normalized spacial score (nSPS) is 10.8. The molecule has 0 aliphatic carbocycles. The Kier molecular flexibility index (Phi) is 7.76. The van der Waals surface area contributed by atoms with Gasteiger partial charge in [0, 0.05) is 5.69 Å². The number of anilines is 1. The maximum absolute atomic E-state index is 12.2. The number of hydrogen-bond donors (Lipinski definition) is 2. The fourth-order valence-electron chi connectivity index (χ4n) is 2.71. The van der Waals surface area contributed by atoms with Crippen molar-refractivity contribution in [3.63, 3.8) is 0 Å². The van der Waals surface area contributed by atoms with Crippen molar-refractivity contribution >= 4 is 41.0 Å². The van der Waals surface area contributed by atoms with E-state index in [0.29, 0.717) is 46.0 Å². The second-order valence-electron chi connectivity index (χ2n) is 6.46. The molecular formula is C23H21Cl2N3O3. The number of nitrogens with one attached hydrogen (secondary N) is 1. The smallest absolute Gasteiger partial charge is 0.273 e. The lowest BCUT2D eigenvalue weighted by Gasteiger charge is -2.13. The topological polar surface area (TPSA) is 85.9 Å². The van der Waals surface area contributed by atoms with Crippen molar-refractivity contribution in [1.82, 2.24) is 5.43 Å². The summed E-state index contributed by atoms with van der Waals surface area (Å²) in [7, 11) is 0. The molecule has 0 radical (unpaired) electrons. The first-order chi connectivity index (χ1) is 15.0. The summed E-state index contributed by atoms with van der Waals surface area (Å²) in [5.74, 6) is 0.747. The van der Waals surface area contributed by atoms with Gasteiger partial charge in [0.1, 0.15) is 6.61 Å². The number of nitrogen functional groups attached to an aromatic ring is 1. The Morgan fingerprint density at radius 1 is 1.03 bits per heavy atom. The van der Waals surface area contributed by atoms with Crippen LogP contribution in [0.25, 0.3) is 0 Å². The van der Waals surface area contributed by atoms with Crippen LogP contribution in [-0.2, 0) is 6.61 Å². The standard InChI is InChI=1S/C23H21Cl2N3O3/c1-2-30-22-12-15(13-27-28-23(29)17-5-3-4-6-20(17)26)8-10-21(22)31-14-16-7-9-18(24)19(25)11-16/h3-13H,2,14,26H2,1H3,(H,28,29)/b27-13-. The van der Waals surface area contributed by atoms with Gasteiger partial charge < -0.3 is 15.2 Å². The summed E-state index contributed by atoms with van der Waals surface area (Å²) in [6.45, 7) is 2.65. The summed E-state index contributed by atoms with van der Waals surface area (Å²) >= 11 is 12.0. The molecule has 0 heterocycles. The quantitative estimate of drug-likeness (QED) is 0.272. The van der Waals surface area contributed by atoms with Gasteiger partial charge in [0.15, 0.2) is 11.5 Å². The lowest BCUT2D eigenvalue weighted by Crippen LogP contribution is -2.19. The zero-order valence-electron chi connectivity index (χ0n) is 16.8. The molecule has 160 valence electrons. The zero-order chi connectivity index (χ0) is 22.2. The van der Waals surface area contributed by atoms with Gasteiger partial charge in [0.25, 0.3) is 5.91 Å². The van der Waals surface area contributed by atoms with Crippen LogP contribution in [0.2, 0.25) is 10.0 Å². The fourth-order valence-corrected chi connectivity index (χ4v) is 3.03. The molecule has 0 atom stereocenters. The summed E-state index contributed by atoms with van der Waals surface area (Å²) in [5, 5.41) is 4.96. The number of rotatable bonds is 8. The molecule has 6 nitrogen and oxygen atoms in total. The Morgan fingerprint density at radius 3 is 2.58 bits per heavy atom. The molecular weight excluding hydrogens is 437 g/mol. The van der Waals surface area contributed by atoms with E-state index in [0.717, 1.165) is 11.1 Å². The first-order valence-electron chi connectivity index (χ1n) is 9.49. The van der Waals surface area contributed by atoms with Crippen LogP contribution in [-0.4, -0.2) is 18.7 Å². The minimum absolute atomic E-state index is 0.305. The van der Waals surface area contributed by atoms with Crippen LogP contribution in [0.15, 0.2) is 65.8 Å². The summed E-state index contributed by atoms with van der Waals surface area (Å²) in [4.78, 5) is 12.2. The summed E-state index contributed by atoms with van der Waals surface area (Å²) in [6.07, 6.45) is 1.52. The predicted molar refractivity (Wildman–Crippen MR) is 124 cm³/mol. The molecule has 0 bridgehead atoms. The molecule has 8 heteroatoms. The van der Waals surface area contributed by atoms with Gasteiger partial charge in [-0.2, -0.15) is 5.10 Å². The highest BCUT2D eigenvalue weighted by Crippen LogP contribution is 2.30. The van der Waals surface area contributed by atoms with E-state index in [1.165, 1.54) is 6.21 Å². The van der Waals surface area contributed by atoms with Gasteiger partial charge in [0.2, 0.25) is 0 Å². The monoisotopic (exact) mass is 457 g/mol. The molecule has 3 aromatic rings. The molecule has 3 rings (SSSR count). The number of carbonyl (C=O) groups excluding carboxylic acids is 1. The SMILES string of the molecule is CCOc1cc(/C=N\NC(=O)c2ccccc2N)ccc1OCc1ccc(Cl)c(Cl)c1. The van der Waals surface area contributed by atoms with E-state index in [2.05, 4.69) is 10.5 Å². The number of benzene rings is 3. The average molecular weight is 458 g/mol. The summed E-state index contributed by atoms with van der Waals surface area (Å²) < 4.78 is 11.6. The lowest BCUT2D eigenvalue weighted by atomic mass is 10.2. The Hall–Kier alpha value is -3.22. The number of ether oxygens (including phenoxy) is 2. The zero-order valence-corrected chi connectivity index (χ0v) is 18.3. The maximum Gasteiger partial charge on any atom is 0.273 e. The number of amides is 1. The van der Waals surface area contributed by atoms with Crippen molar-refractivity contribution in [3.8, 4) is 11.5 Å². The molecule has 0 saturated heterocycles. The van der Waals surface area contributed by atoms with E-state index in [1.807, 2.05) is 13.0 Å². The van der Waals surface area contributed by atoms with Crippen molar-refractivity contribution in [2.75, 3.05) is 12.3 Å². The largest absolute Gasteiger partial charge is 0.490 e. The van der Waals surface area contributed by atoms with E-state index in [-0.39, 0.29) is 5.91 Å². The minimum atomic E-state index is -0.388. The number of halogens is 2. The second-order valence-corrected chi connectivity index (χ2v) is 7.28. The molecule has 0 spiro atoms. The number of hydrogen-bond acceptors (Lipinski definition) is 5. The third-order valence-corrected chi connectivity index (χ3v) is 4.97. The van der Waals surface area contributed by atoms with Crippen LogP contribution in [0, 0.1) is 0 Å². The first kappa shape index (κ1) is 22.5. The van der Waals surface area contributed by atoms with Crippen LogP contribution in [0.1, 0.15) is 28.4 Å². The van der Waals surface area contributed by atoms with Crippen LogP contribution in [0.3, 0.4) is 0 Å². The molecule has 0 unspecified atom stereocenters. The van der Waals surface area contributed by atoms with Gasteiger partial charge in [-0.1, -0.05) is 41.4 Å². The molecule has 3 aromatic carbocycles. The highest BCUT2D eigenvalue weighted by molar-refractivity contribution is 6.42. The Bertz CT molecular complexity index is 1100. The Balaban J connectivity index is 1.67. The van der Waals surface area contributed by atoms with Crippen LogP contribution in [0.5, 0.6) is 11.5 Å². The van der Waals surface area contributed by atoms with Gasteiger partial charge in [-0.25, -0.2) is 5.43 Å². The highest BCUT2D eigenvalue weighted by Gasteiger charge is 2.09. The fraction of sp³-hybridized carbons (Fsp3) is 0.130. The Labute approximate surface area is 190 Å². The maximum atomic E-state index is 12.2. The van der Waals surface area contributed by atoms with Crippen molar-refractivity contribution in [2.45, 2.75) is 13.5 Å². The lowest BCUT2D eigenvalue weighted by molar-refractivity contribution is 0.0956. The van der Waals surface area contributed by atoms with Crippen molar-refractivity contribution in [3.05, 3.63) is 87.4 Å². The molecule has 0 fully saturated rings. The van der Waals surface area contributed by atoms with Crippen LogP contribution < -0.4 is 20.6 Å². The number of carbonyl (C=O) groups is 1. The van der Waals surface area contributed by atoms with E-state index in [9.17, 15) is 4.79 Å². The summed E-state index contributed by atoms with van der Waals surface area (Å²) in [6, 6.07) is 17.5. The molecule has 0 aliphatic heterocycles. The number of nitrogens with zero attached hydrogens (tertiary/aromatic N) is 1. The number of para-hydroxylation sites is 1. The molecule has 0 aliphatic rings. The second kappa shape index (κ2) is 10.7. The van der Waals surface area contributed by atoms with Gasteiger partial charge in [-0.3, -0.25) is 4.79 Å². The third kappa shape index (κ3) is 6.13. The first-order valence-corrected chi connectivity index (χ1v) is 10.2. The van der Waals surface area contributed by atoms with Gasteiger partial charge in [-0.05, 0) is 60.5 Å². The number of nitrogens with two attached hydrogens (primary N) is 1. The third-order valence-electron chi connectivity index (χ3n) is 4.23. The molecule has 31 heavy (non-hydrogen) atoms. The van der Waals surface area contributed by atoms with E-state index < -0.39 is 0 Å². The van der Waals surface area contributed by atoms with Gasteiger partial charge in [0.05, 0.1) is 28.4 Å². The van der Waals surface area contributed by atoms with E-state index in [4.69, 9.17) is 38.4 Å². The molecule has 0 aromatic heterocycles. The van der Waals surface area contributed by atoms with Crippen molar-refractivity contribution < 1.29 is 14.3 Å². The average Bonchev–Trinajstić information content (AvgIpc) is 2.76.